The molecule has 0 aromatic carbocycles. The van der Waals surface area contributed by atoms with Crippen molar-refractivity contribution in [3.63, 3.8) is 0 Å². The predicted octanol–water partition coefficient (Wildman–Crippen LogP) is 3.04. The highest BCUT2D eigenvalue weighted by atomic mass is 79.9. The Labute approximate surface area is 74.6 Å². The van der Waals surface area contributed by atoms with E-state index in [0.717, 1.165) is 10.2 Å². The van der Waals surface area contributed by atoms with Crippen LogP contribution in [0.3, 0.4) is 0 Å². The molecule has 0 N–H and O–H groups in total. The largest absolute Gasteiger partial charge is 0.256 e. The molecule has 1 heterocycles. The topological polar surface area (TPSA) is 12.9 Å². The third-order valence-corrected chi connectivity index (χ3v) is 1.62. The number of halogens is 1. The first-order chi connectivity index (χ1) is 5.33. The Kier molecular flexibility index (Phi) is 3.05. The first-order valence-electron chi connectivity index (χ1n) is 3.23. The van der Waals surface area contributed by atoms with Gasteiger partial charge in [-0.25, -0.2) is 0 Å². The number of hydrogen-bond donors (Lipinski definition) is 0. The van der Waals surface area contributed by atoms with E-state index in [1.807, 2.05) is 24.3 Å². The number of aromatic nitrogens is 1. The lowest BCUT2D eigenvalue weighted by Gasteiger charge is -1.90. The molecule has 0 bridgehead atoms. The second-order valence-corrected chi connectivity index (χ2v) is 2.91. The Morgan fingerprint density at radius 3 is 2.82 bits per heavy atom. The lowest BCUT2D eigenvalue weighted by molar-refractivity contribution is 1.28. The van der Waals surface area contributed by atoms with Crippen LogP contribution in [0.25, 0.3) is 6.08 Å². The van der Waals surface area contributed by atoms with E-state index in [9.17, 15) is 0 Å². The zero-order chi connectivity index (χ0) is 8.10. The van der Waals surface area contributed by atoms with Crippen molar-refractivity contribution in [3.05, 3.63) is 47.2 Å². The summed E-state index contributed by atoms with van der Waals surface area (Å²) in [6, 6.07) is 3.89. The van der Waals surface area contributed by atoms with Gasteiger partial charge in [-0.3, -0.25) is 4.98 Å². The zero-order valence-electron chi connectivity index (χ0n) is 6.00. The number of rotatable bonds is 2. The molecule has 0 atom stereocenters. The van der Waals surface area contributed by atoms with Crippen molar-refractivity contribution in [3.8, 4) is 0 Å². The molecular weight excluding hydrogens is 202 g/mol. The molecule has 1 aromatic heterocycles. The van der Waals surface area contributed by atoms with Crippen LogP contribution in [0.1, 0.15) is 5.69 Å². The molecule has 56 valence electrons. The number of hydrogen-bond acceptors (Lipinski definition) is 1. The number of pyridine rings is 1. The summed E-state index contributed by atoms with van der Waals surface area (Å²) in [5.41, 5.74) is 0.938. The molecule has 1 aromatic rings. The Morgan fingerprint density at radius 2 is 2.27 bits per heavy atom. The normalized spacial score (nSPS) is 10.3. The summed E-state index contributed by atoms with van der Waals surface area (Å²) < 4.78 is 0.994. The summed E-state index contributed by atoms with van der Waals surface area (Å²) in [5, 5.41) is 0. The van der Waals surface area contributed by atoms with Gasteiger partial charge >= 0.3 is 0 Å². The predicted molar refractivity (Wildman–Crippen MR) is 51.2 cm³/mol. The van der Waals surface area contributed by atoms with Crippen molar-refractivity contribution in [2.75, 3.05) is 0 Å². The molecule has 0 spiro atoms. The van der Waals surface area contributed by atoms with Crippen LogP contribution in [0.2, 0.25) is 0 Å². The fraction of sp³-hybridized carbons (Fsp3) is 0. The summed E-state index contributed by atoms with van der Waals surface area (Å²) in [6.07, 6.45) is 7.25. The van der Waals surface area contributed by atoms with Gasteiger partial charge < -0.3 is 0 Å². The van der Waals surface area contributed by atoms with Gasteiger partial charge in [0.1, 0.15) is 0 Å². The van der Waals surface area contributed by atoms with Gasteiger partial charge in [-0.2, -0.15) is 0 Å². The summed E-state index contributed by atoms with van der Waals surface area (Å²) in [4.78, 5) is 4.13. The van der Waals surface area contributed by atoms with Gasteiger partial charge in [-0.1, -0.05) is 18.7 Å². The van der Waals surface area contributed by atoms with Crippen molar-refractivity contribution in [1.82, 2.24) is 4.98 Å². The second-order valence-electron chi connectivity index (χ2n) is 2.00. The van der Waals surface area contributed by atoms with Gasteiger partial charge in [0, 0.05) is 10.7 Å². The molecule has 11 heavy (non-hydrogen) atoms. The van der Waals surface area contributed by atoms with Gasteiger partial charge in [0.05, 0.1) is 5.69 Å². The Balaban J connectivity index is 2.81. The quantitative estimate of drug-likeness (QED) is 0.683. The third-order valence-electron chi connectivity index (χ3n) is 1.15. The van der Waals surface area contributed by atoms with Crippen LogP contribution in [0, 0.1) is 0 Å². The van der Waals surface area contributed by atoms with Crippen molar-refractivity contribution >= 4 is 22.0 Å². The van der Waals surface area contributed by atoms with Crippen molar-refractivity contribution < 1.29 is 0 Å². The maximum absolute atomic E-state index is 4.13. The van der Waals surface area contributed by atoms with E-state index in [1.165, 1.54) is 0 Å². The summed E-state index contributed by atoms with van der Waals surface area (Å²) in [6.45, 7) is 3.57. The zero-order valence-corrected chi connectivity index (χ0v) is 7.58. The fourth-order valence-corrected chi connectivity index (χ4v) is 0.887. The average Bonchev–Trinajstić information content (AvgIpc) is 2.04. The molecule has 0 radical (unpaired) electrons. The minimum atomic E-state index is 0.938. The van der Waals surface area contributed by atoms with Gasteiger partial charge in [-0.15, -0.1) is 0 Å². The van der Waals surface area contributed by atoms with Crippen LogP contribution in [0.4, 0.5) is 0 Å². The van der Waals surface area contributed by atoms with Crippen LogP contribution < -0.4 is 0 Å². The molecule has 2 heteroatoms. The van der Waals surface area contributed by atoms with E-state index in [-0.39, 0.29) is 0 Å². The van der Waals surface area contributed by atoms with Crippen LogP contribution in [0.15, 0.2) is 41.5 Å². The molecule has 0 fully saturated rings. The maximum atomic E-state index is 4.13. The lowest BCUT2D eigenvalue weighted by Crippen LogP contribution is -1.77. The van der Waals surface area contributed by atoms with Crippen LogP contribution in [0.5, 0.6) is 0 Å². The van der Waals surface area contributed by atoms with Gasteiger partial charge in [0.15, 0.2) is 0 Å². The maximum Gasteiger partial charge on any atom is 0.0630 e. The average molecular weight is 210 g/mol. The van der Waals surface area contributed by atoms with E-state index in [2.05, 4.69) is 27.5 Å². The highest BCUT2D eigenvalue weighted by molar-refractivity contribution is 9.10. The lowest BCUT2D eigenvalue weighted by atomic mass is 10.3. The molecule has 0 saturated heterocycles. The summed E-state index contributed by atoms with van der Waals surface area (Å²) in [5.74, 6) is 0. The first kappa shape index (κ1) is 8.21. The van der Waals surface area contributed by atoms with E-state index < -0.39 is 0 Å². The van der Waals surface area contributed by atoms with Crippen LogP contribution in [-0.4, -0.2) is 4.98 Å². The van der Waals surface area contributed by atoms with E-state index in [0.29, 0.717) is 0 Å². The third kappa shape index (κ3) is 2.68. The summed E-state index contributed by atoms with van der Waals surface area (Å²) in [7, 11) is 0. The Hall–Kier alpha value is -0.890. The Morgan fingerprint density at radius 1 is 1.45 bits per heavy atom. The first-order valence-corrected chi connectivity index (χ1v) is 4.03. The monoisotopic (exact) mass is 209 g/mol. The second kappa shape index (κ2) is 4.09. The number of allylic oxidation sites excluding steroid dienone is 2. The molecule has 0 unspecified atom stereocenters. The molecule has 0 aliphatic heterocycles. The van der Waals surface area contributed by atoms with Crippen molar-refractivity contribution in [2.24, 2.45) is 0 Å². The molecule has 1 nitrogen and oxygen atoms in total. The minimum absolute atomic E-state index is 0.938. The van der Waals surface area contributed by atoms with Gasteiger partial charge in [-0.05, 0) is 34.1 Å². The van der Waals surface area contributed by atoms with Crippen molar-refractivity contribution in [1.29, 1.82) is 0 Å². The minimum Gasteiger partial charge on any atom is -0.256 e. The molecule has 0 aliphatic rings. The standard InChI is InChI=1S/C9H8BrN/c1-2-3-4-9-6-5-8(10)7-11-9/h2-7H,1H2/b4-3+. The van der Waals surface area contributed by atoms with Crippen molar-refractivity contribution in [2.45, 2.75) is 0 Å². The van der Waals surface area contributed by atoms with Crippen LogP contribution >= 0.6 is 15.9 Å². The number of nitrogens with zero attached hydrogens (tertiary/aromatic N) is 1. The van der Waals surface area contributed by atoms with Crippen LogP contribution in [-0.2, 0) is 0 Å². The Bertz CT molecular complexity index is 261. The summed E-state index contributed by atoms with van der Waals surface area (Å²) >= 11 is 3.31. The van der Waals surface area contributed by atoms with Gasteiger partial charge in [0.25, 0.3) is 0 Å². The highest BCUT2D eigenvalue weighted by Crippen LogP contribution is 2.07. The van der Waals surface area contributed by atoms with Gasteiger partial charge in [0.2, 0.25) is 0 Å². The molecule has 0 amide bonds. The highest BCUT2D eigenvalue weighted by Gasteiger charge is 1.86. The molecule has 0 aliphatic carbocycles. The van der Waals surface area contributed by atoms with E-state index in [4.69, 9.17) is 0 Å². The fourth-order valence-electron chi connectivity index (χ4n) is 0.652. The molecular formula is C9H8BrN. The SMILES string of the molecule is C=C/C=C/c1ccc(Br)cn1. The molecule has 1 rings (SSSR count). The molecule has 0 saturated carbocycles. The smallest absolute Gasteiger partial charge is 0.0630 e. The van der Waals surface area contributed by atoms with E-state index >= 15 is 0 Å². The van der Waals surface area contributed by atoms with E-state index in [1.54, 1.807) is 12.3 Å².